The first-order valence-corrected chi connectivity index (χ1v) is 12.9. The van der Waals surface area contributed by atoms with E-state index in [4.69, 9.17) is 9.83 Å². The van der Waals surface area contributed by atoms with Crippen LogP contribution in [0.15, 0.2) is 84.0 Å². The van der Waals surface area contributed by atoms with E-state index >= 15 is 0 Å². The summed E-state index contributed by atoms with van der Waals surface area (Å²) in [6, 6.07) is 18.1. The number of fused-ring (bicyclic) bond motifs is 2. The molecule has 166 valence electrons. The first kappa shape index (κ1) is 22.1. The van der Waals surface area contributed by atoms with Crippen LogP contribution < -0.4 is 0 Å². The van der Waals surface area contributed by atoms with Crippen LogP contribution in [-0.4, -0.2) is 32.7 Å². The summed E-state index contributed by atoms with van der Waals surface area (Å²) >= 11 is 4.23. The maximum absolute atomic E-state index is 12.6. The summed E-state index contributed by atoms with van der Waals surface area (Å²) in [4.78, 5) is 19.5. The summed E-state index contributed by atoms with van der Waals surface area (Å²) in [5.74, 6) is 1.48. The van der Waals surface area contributed by atoms with Crippen LogP contribution >= 0.6 is 35.5 Å². The zero-order chi connectivity index (χ0) is 22.9. The fraction of sp³-hybridized carbons (Fsp3) is 0.167. The lowest BCUT2D eigenvalue weighted by molar-refractivity contribution is -0.114. The molecule has 3 aromatic rings. The summed E-state index contributed by atoms with van der Waals surface area (Å²) in [5, 5.41) is 12.8. The molecule has 0 spiro atoms. The Morgan fingerprint density at radius 1 is 1.15 bits per heavy atom. The number of furan rings is 1. The van der Waals surface area contributed by atoms with Crippen molar-refractivity contribution in [2.45, 2.75) is 23.8 Å². The van der Waals surface area contributed by atoms with Gasteiger partial charge in [-0.15, -0.1) is 0 Å². The van der Waals surface area contributed by atoms with Crippen molar-refractivity contribution < 1.29 is 9.21 Å². The summed E-state index contributed by atoms with van der Waals surface area (Å²) < 4.78 is 10.4. The predicted molar refractivity (Wildman–Crippen MR) is 139 cm³/mol. The van der Waals surface area contributed by atoms with Gasteiger partial charge < -0.3 is 4.42 Å². The molecule has 3 heterocycles. The van der Waals surface area contributed by atoms with E-state index in [1.54, 1.807) is 22.7 Å². The minimum atomic E-state index is -0.455. The molecule has 6 nitrogen and oxygen atoms in total. The quantitative estimate of drug-likeness (QED) is 0.321. The fourth-order valence-electron chi connectivity index (χ4n) is 3.34. The number of amidine groups is 3. The van der Waals surface area contributed by atoms with Crippen LogP contribution in [-0.2, 0) is 4.79 Å². The van der Waals surface area contributed by atoms with E-state index < -0.39 is 5.91 Å². The number of aliphatic imine (C=N–C) groups is 1. The van der Waals surface area contributed by atoms with Crippen molar-refractivity contribution in [2.24, 2.45) is 15.3 Å². The lowest BCUT2D eigenvalue weighted by atomic mass is 10.1. The number of carbonyl (C=O) groups excluding carboxylic acids is 1. The summed E-state index contributed by atoms with van der Waals surface area (Å²) in [6.45, 7) is 4.26. The van der Waals surface area contributed by atoms with Gasteiger partial charge in [-0.2, -0.15) is 9.39 Å². The van der Waals surface area contributed by atoms with E-state index in [0.717, 1.165) is 28.0 Å². The molecule has 0 radical (unpaired) electrons. The van der Waals surface area contributed by atoms with Gasteiger partial charge in [-0.25, -0.2) is 4.90 Å². The van der Waals surface area contributed by atoms with Crippen molar-refractivity contribution in [3.8, 4) is 0 Å². The van der Waals surface area contributed by atoms with Gasteiger partial charge in [-0.1, -0.05) is 73.8 Å². The first-order chi connectivity index (χ1) is 16.0. The molecule has 0 aliphatic carbocycles. The second kappa shape index (κ2) is 9.24. The summed E-state index contributed by atoms with van der Waals surface area (Å²) in [6.07, 6.45) is 1.59. The lowest BCUT2D eigenvalue weighted by Crippen LogP contribution is -2.41. The molecular formula is C24H20N4O2S3. The Hall–Kier alpha value is -2.75. The molecule has 0 unspecified atom stereocenters. The second-order valence-corrected chi connectivity index (χ2v) is 10.6. The Morgan fingerprint density at radius 3 is 2.82 bits per heavy atom. The minimum Gasteiger partial charge on any atom is -0.450 e. The van der Waals surface area contributed by atoms with E-state index in [0.29, 0.717) is 27.1 Å². The molecule has 33 heavy (non-hydrogen) atoms. The van der Waals surface area contributed by atoms with Crippen LogP contribution in [0, 0.1) is 11.3 Å². The van der Waals surface area contributed by atoms with Gasteiger partial charge in [0.1, 0.15) is 11.6 Å². The standard InChI is InChI=1S/C24H20N4O2S3/c1-14(2)13-31-24-27-33-23-26-22(29)18(21(25)28(23)24)12-16-10-11-20(30-16)32-19-9-5-7-15-6-3-4-8-17(15)19/h3-12,14,25H,13H2,1-2H3/b18-12-,25-21?. The molecule has 0 saturated heterocycles. The molecule has 1 aromatic heterocycles. The predicted octanol–water partition coefficient (Wildman–Crippen LogP) is 6.55. The monoisotopic (exact) mass is 492 g/mol. The maximum Gasteiger partial charge on any atom is 0.283 e. The van der Waals surface area contributed by atoms with Crippen molar-refractivity contribution in [3.05, 3.63) is 65.9 Å². The van der Waals surface area contributed by atoms with E-state index in [1.807, 2.05) is 30.3 Å². The van der Waals surface area contributed by atoms with Crippen LogP contribution in [0.2, 0.25) is 0 Å². The van der Waals surface area contributed by atoms with Crippen molar-refractivity contribution in [3.63, 3.8) is 0 Å². The average molecular weight is 493 g/mol. The van der Waals surface area contributed by atoms with Crippen LogP contribution in [0.3, 0.4) is 0 Å². The first-order valence-electron chi connectivity index (χ1n) is 10.4. The van der Waals surface area contributed by atoms with Gasteiger partial charge >= 0.3 is 0 Å². The van der Waals surface area contributed by atoms with Gasteiger partial charge in [0.05, 0.1) is 17.5 Å². The molecule has 9 heteroatoms. The molecule has 2 aliphatic heterocycles. The summed E-state index contributed by atoms with van der Waals surface area (Å²) in [7, 11) is 0. The highest BCUT2D eigenvalue weighted by Gasteiger charge is 2.37. The molecule has 0 fully saturated rings. The average Bonchev–Trinajstić information content (AvgIpc) is 3.42. The number of rotatable bonds is 5. The highest BCUT2D eigenvalue weighted by molar-refractivity contribution is 8.19. The topological polar surface area (TPSA) is 82.0 Å². The normalized spacial score (nSPS) is 17.2. The number of nitrogens with zero attached hydrogens (tertiary/aromatic N) is 3. The highest BCUT2D eigenvalue weighted by atomic mass is 32.2. The van der Waals surface area contributed by atoms with Crippen LogP contribution in [0.4, 0.5) is 0 Å². The molecule has 1 N–H and O–H groups in total. The molecule has 2 aromatic carbocycles. The molecule has 1 amide bonds. The third-order valence-corrected chi connectivity index (χ3v) is 8.07. The largest absolute Gasteiger partial charge is 0.450 e. The zero-order valence-corrected chi connectivity index (χ0v) is 20.4. The minimum absolute atomic E-state index is 0.0738. The number of benzene rings is 2. The molecular weight excluding hydrogens is 472 g/mol. The van der Waals surface area contributed by atoms with Gasteiger partial charge in [0.25, 0.3) is 5.91 Å². The Morgan fingerprint density at radius 2 is 1.97 bits per heavy atom. The van der Waals surface area contributed by atoms with E-state index in [9.17, 15) is 4.79 Å². The zero-order valence-electron chi connectivity index (χ0n) is 17.9. The second-order valence-electron chi connectivity index (χ2n) is 7.85. The van der Waals surface area contributed by atoms with Crippen molar-refractivity contribution in [1.82, 2.24) is 4.90 Å². The maximum atomic E-state index is 12.6. The third kappa shape index (κ3) is 4.53. The number of hydrogen-bond acceptors (Lipinski definition) is 7. The van der Waals surface area contributed by atoms with Crippen LogP contribution in [0.1, 0.15) is 19.6 Å². The van der Waals surface area contributed by atoms with E-state index in [-0.39, 0.29) is 11.4 Å². The molecule has 0 saturated carbocycles. The number of nitrogens with one attached hydrogen (secondary N) is 1. The van der Waals surface area contributed by atoms with Crippen molar-refractivity contribution in [2.75, 3.05) is 5.75 Å². The van der Waals surface area contributed by atoms with Crippen molar-refractivity contribution in [1.29, 1.82) is 5.41 Å². The van der Waals surface area contributed by atoms with Gasteiger partial charge in [-0.3, -0.25) is 10.2 Å². The fourth-order valence-corrected chi connectivity index (χ4v) is 6.07. The third-order valence-electron chi connectivity index (χ3n) is 4.89. The lowest BCUT2D eigenvalue weighted by Gasteiger charge is -2.24. The number of carbonyl (C=O) groups is 1. The molecule has 0 atom stereocenters. The van der Waals surface area contributed by atoms with Crippen LogP contribution in [0.25, 0.3) is 16.8 Å². The Kier molecular flexibility index (Phi) is 6.18. The van der Waals surface area contributed by atoms with Gasteiger partial charge in [0.15, 0.2) is 10.3 Å². The number of hydrogen-bond donors (Lipinski definition) is 1. The van der Waals surface area contributed by atoms with Crippen molar-refractivity contribution >= 4 is 74.4 Å². The molecule has 0 bridgehead atoms. The SMILES string of the molecule is CC(C)CSC1=NSC2=NC(=O)/C(=C\c3ccc(Sc4cccc5ccccc45)o3)C(=N)N12. The Labute approximate surface area is 204 Å². The molecule has 2 aliphatic rings. The Balaban J connectivity index is 1.38. The highest BCUT2D eigenvalue weighted by Crippen LogP contribution is 2.36. The van der Waals surface area contributed by atoms with E-state index in [2.05, 4.69) is 47.5 Å². The van der Waals surface area contributed by atoms with E-state index in [1.165, 1.54) is 17.1 Å². The van der Waals surface area contributed by atoms with Gasteiger partial charge in [0.2, 0.25) is 5.17 Å². The number of amides is 1. The molecule has 5 rings (SSSR count). The van der Waals surface area contributed by atoms with Gasteiger partial charge in [0, 0.05) is 10.6 Å². The Bertz CT molecular complexity index is 1350. The van der Waals surface area contributed by atoms with Crippen LogP contribution in [0.5, 0.6) is 0 Å². The smallest absolute Gasteiger partial charge is 0.283 e. The van der Waals surface area contributed by atoms with Gasteiger partial charge in [-0.05, 0) is 41.0 Å². The summed E-state index contributed by atoms with van der Waals surface area (Å²) in [5.41, 5.74) is 0.190. The number of thioether (sulfide) groups is 1.